The molecule has 0 amide bonds. The van der Waals surface area contributed by atoms with Crippen molar-refractivity contribution in [2.45, 2.75) is 39.2 Å². The van der Waals surface area contributed by atoms with Crippen LogP contribution >= 0.6 is 11.3 Å². The predicted molar refractivity (Wildman–Crippen MR) is 106 cm³/mol. The summed E-state index contributed by atoms with van der Waals surface area (Å²) >= 11 is 1.62. The summed E-state index contributed by atoms with van der Waals surface area (Å²) in [5.74, 6) is 2.22. The molecule has 0 spiro atoms. The van der Waals surface area contributed by atoms with Crippen LogP contribution in [0.15, 0.2) is 29.4 Å². The highest BCUT2D eigenvalue weighted by Gasteiger charge is 2.27. The maximum atomic E-state index is 9.56. The Morgan fingerprint density at radius 3 is 3.00 bits per heavy atom. The van der Waals surface area contributed by atoms with E-state index >= 15 is 0 Å². The highest BCUT2D eigenvalue weighted by molar-refractivity contribution is 7.07. The lowest BCUT2D eigenvalue weighted by molar-refractivity contribution is 0.473. The first-order chi connectivity index (χ1) is 13.2. The molecule has 4 rings (SSSR count). The lowest BCUT2D eigenvalue weighted by Gasteiger charge is -2.34. The summed E-state index contributed by atoms with van der Waals surface area (Å²) in [5, 5.41) is 11.6. The number of aryl methyl sites for hydroxylation is 2. The van der Waals surface area contributed by atoms with E-state index in [0.29, 0.717) is 11.5 Å². The number of rotatable bonds is 4. The minimum Gasteiger partial charge on any atom is -0.355 e. The molecule has 1 fully saturated rings. The van der Waals surface area contributed by atoms with Gasteiger partial charge in [0.2, 0.25) is 0 Å². The van der Waals surface area contributed by atoms with Gasteiger partial charge in [-0.15, -0.1) is 11.3 Å². The molecule has 1 aliphatic heterocycles. The molecule has 3 aromatic rings. The first-order valence-electron chi connectivity index (χ1n) is 9.17. The van der Waals surface area contributed by atoms with Gasteiger partial charge >= 0.3 is 0 Å². The number of piperidine rings is 1. The number of pyridine rings is 1. The molecule has 7 heteroatoms. The van der Waals surface area contributed by atoms with Crippen molar-refractivity contribution in [3.05, 3.63) is 57.7 Å². The average molecular weight is 379 g/mol. The van der Waals surface area contributed by atoms with E-state index in [1.54, 1.807) is 11.3 Å². The molecule has 6 nitrogen and oxygen atoms in total. The molecule has 1 saturated heterocycles. The Hall–Kier alpha value is -2.72. The highest BCUT2D eigenvalue weighted by Crippen LogP contribution is 2.31. The van der Waals surface area contributed by atoms with Gasteiger partial charge in [-0.3, -0.25) is 0 Å². The van der Waals surface area contributed by atoms with E-state index in [4.69, 9.17) is 4.98 Å². The molecule has 138 valence electrons. The topological polar surface area (TPSA) is 70.6 Å². The number of nitriles is 1. The van der Waals surface area contributed by atoms with Crippen LogP contribution in [0.3, 0.4) is 0 Å². The van der Waals surface area contributed by atoms with Crippen molar-refractivity contribution in [3.63, 3.8) is 0 Å². The van der Waals surface area contributed by atoms with Gasteiger partial charge in [-0.2, -0.15) is 5.26 Å². The summed E-state index contributed by atoms with van der Waals surface area (Å²) in [6.45, 7) is 6.51. The van der Waals surface area contributed by atoms with E-state index in [1.807, 2.05) is 37.8 Å². The maximum Gasteiger partial charge on any atom is 0.146 e. The van der Waals surface area contributed by atoms with E-state index in [-0.39, 0.29) is 0 Å². The van der Waals surface area contributed by atoms with Gasteiger partial charge in [-0.1, -0.05) is 0 Å². The molecular weight excluding hydrogens is 356 g/mol. The van der Waals surface area contributed by atoms with Crippen molar-refractivity contribution in [1.29, 1.82) is 5.26 Å². The lowest BCUT2D eigenvalue weighted by Crippen LogP contribution is -2.36. The molecule has 0 N–H and O–H groups in total. The third-order valence-electron chi connectivity index (χ3n) is 5.22. The zero-order valence-electron chi connectivity index (χ0n) is 15.6. The largest absolute Gasteiger partial charge is 0.355 e. The van der Waals surface area contributed by atoms with Gasteiger partial charge in [0.1, 0.15) is 17.7 Å². The molecule has 1 unspecified atom stereocenters. The van der Waals surface area contributed by atoms with Crippen LogP contribution in [0.1, 0.15) is 47.1 Å². The van der Waals surface area contributed by atoms with Gasteiger partial charge in [0.05, 0.1) is 23.3 Å². The fourth-order valence-electron chi connectivity index (χ4n) is 3.70. The summed E-state index contributed by atoms with van der Waals surface area (Å²) in [6.07, 6.45) is 6.06. The number of nitrogens with zero attached hydrogens (tertiary/aromatic N) is 6. The average Bonchev–Trinajstić information content (AvgIpc) is 3.36. The molecule has 0 aliphatic carbocycles. The third-order valence-corrected chi connectivity index (χ3v) is 5.85. The van der Waals surface area contributed by atoms with E-state index in [0.717, 1.165) is 61.1 Å². The molecule has 0 saturated carbocycles. The second kappa shape index (κ2) is 7.49. The molecule has 4 heterocycles. The minimum absolute atomic E-state index is 0.322. The molecule has 0 bridgehead atoms. The van der Waals surface area contributed by atoms with E-state index in [2.05, 4.69) is 30.9 Å². The Bertz CT molecular complexity index is 969. The summed E-state index contributed by atoms with van der Waals surface area (Å²) in [5.41, 5.74) is 5.63. The Labute approximate surface area is 163 Å². The van der Waals surface area contributed by atoms with Gasteiger partial charge in [-0.05, 0) is 38.3 Å². The summed E-state index contributed by atoms with van der Waals surface area (Å²) in [6, 6.07) is 4.27. The number of imidazole rings is 1. The first kappa shape index (κ1) is 17.7. The molecule has 1 atom stereocenters. The summed E-state index contributed by atoms with van der Waals surface area (Å²) in [7, 11) is 0. The fourth-order valence-corrected chi connectivity index (χ4v) is 4.25. The zero-order chi connectivity index (χ0) is 18.8. The molecule has 3 aromatic heterocycles. The Balaban J connectivity index is 1.59. The summed E-state index contributed by atoms with van der Waals surface area (Å²) < 4.78 is 2.20. The van der Waals surface area contributed by atoms with Gasteiger partial charge in [0, 0.05) is 42.5 Å². The smallest absolute Gasteiger partial charge is 0.146 e. The van der Waals surface area contributed by atoms with Crippen LogP contribution in [0.4, 0.5) is 5.82 Å². The number of anilines is 1. The minimum atomic E-state index is 0.322. The molecule has 27 heavy (non-hydrogen) atoms. The van der Waals surface area contributed by atoms with Crippen molar-refractivity contribution in [2.75, 3.05) is 18.0 Å². The predicted octanol–water partition coefficient (Wildman–Crippen LogP) is 3.66. The summed E-state index contributed by atoms with van der Waals surface area (Å²) in [4.78, 5) is 16.0. The van der Waals surface area contributed by atoms with Crippen LogP contribution in [-0.2, 0) is 6.54 Å². The maximum absolute atomic E-state index is 9.56. The van der Waals surface area contributed by atoms with Crippen molar-refractivity contribution < 1.29 is 0 Å². The molecule has 1 aliphatic rings. The van der Waals surface area contributed by atoms with E-state index in [9.17, 15) is 5.26 Å². The van der Waals surface area contributed by atoms with Crippen molar-refractivity contribution in [2.24, 2.45) is 0 Å². The monoisotopic (exact) mass is 378 g/mol. The number of hydrogen-bond acceptors (Lipinski definition) is 6. The first-order valence-corrected chi connectivity index (χ1v) is 10.1. The second-order valence-corrected chi connectivity index (χ2v) is 7.77. The van der Waals surface area contributed by atoms with Gasteiger partial charge in [0.25, 0.3) is 0 Å². The van der Waals surface area contributed by atoms with Gasteiger partial charge < -0.3 is 9.47 Å². The van der Waals surface area contributed by atoms with Crippen LogP contribution in [0.5, 0.6) is 0 Å². The molecule has 0 radical (unpaired) electrons. The van der Waals surface area contributed by atoms with Crippen LogP contribution in [0.2, 0.25) is 0 Å². The van der Waals surface area contributed by atoms with E-state index in [1.165, 1.54) is 0 Å². The SMILES string of the molecule is Cc1cc(C#N)c(N2CCCC(c3nccn3Cc3cscn3)C2)nc1C. The standard InChI is InChI=1S/C20H22N6S/c1-14-8-17(9-21)20(24-15(14)2)25-6-3-4-16(10-25)19-22-5-7-26(19)11-18-12-27-13-23-18/h5,7-8,12-13,16H,3-4,6,10-11H2,1-2H3. The molecular formula is C20H22N6S. The quantitative estimate of drug-likeness (QED) is 0.693. The number of hydrogen-bond donors (Lipinski definition) is 0. The van der Waals surface area contributed by atoms with Crippen molar-refractivity contribution in [1.82, 2.24) is 19.5 Å². The third kappa shape index (κ3) is 3.58. The van der Waals surface area contributed by atoms with Gasteiger partial charge in [-0.25, -0.2) is 15.0 Å². The fraction of sp³-hybridized carbons (Fsp3) is 0.400. The van der Waals surface area contributed by atoms with Crippen LogP contribution < -0.4 is 4.90 Å². The molecule has 0 aromatic carbocycles. The number of thiazole rings is 1. The second-order valence-electron chi connectivity index (χ2n) is 7.05. The van der Waals surface area contributed by atoms with Gasteiger partial charge in [0.15, 0.2) is 0 Å². The van der Waals surface area contributed by atoms with Crippen LogP contribution in [0.25, 0.3) is 0 Å². The van der Waals surface area contributed by atoms with Crippen molar-refractivity contribution >= 4 is 17.2 Å². The van der Waals surface area contributed by atoms with Crippen molar-refractivity contribution in [3.8, 4) is 6.07 Å². The number of aromatic nitrogens is 4. The Morgan fingerprint density at radius 2 is 2.22 bits per heavy atom. The highest BCUT2D eigenvalue weighted by atomic mass is 32.1. The zero-order valence-corrected chi connectivity index (χ0v) is 16.4. The van der Waals surface area contributed by atoms with Crippen LogP contribution in [0, 0.1) is 25.2 Å². The lowest BCUT2D eigenvalue weighted by atomic mass is 9.96. The van der Waals surface area contributed by atoms with E-state index < -0.39 is 0 Å². The normalized spacial score (nSPS) is 17.1. The Morgan fingerprint density at radius 1 is 1.33 bits per heavy atom. The van der Waals surface area contributed by atoms with Crippen LogP contribution in [-0.4, -0.2) is 32.6 Å². The Kier molecular flexibility index (Phi) is 4.90.